The third-order valence-corrected chi connectivity index (χ3v) is 3.69. The van der Waals surface area contributed by atoms with Crippen LogP contribution in [0.15, 0.2) is 24.3 Å². The Kier molecular flexibility index (Phi) is 8.61. The highest BCUT2D eigenvalue weighted by Gasteiger charge is 2.38. The molecule has 8 nitrogen and oxygen atoms in total. The molecule has 0 spiro atoms. The summed E-state index contributed by atoms with van der Waals surface area (Å²) in [6.45, 7) is 2.81. The zero-order valence-electron chi connectivity index (χ0n) is 15.6. The fraction of sp³-hybridized carbons (Fsp3) is 0.444. The summed E-state index contributed by atoms with van der Waals surface area (Å²) in [5, 5.41) is 11.4. The molecule has 0 aliphatic rings. The quantitative estimate of drug-likeness (QED) is 0.588. The molecule has 2 atom stereocenters. The summed E-state index contributed by atoms with van der Waals surface area (Å²) in [4.78, 5) is 47.8. The molecule has 1 aromatic rings. The smallest absolute Gasteiger partial charge is 0.416 e. The lowest BCUT2D eigenvalue weighted by Crippen LogP contribution is -2.49. The van der Waals surface area contributed by atoms with E-state index in [1.165, 1.54) is 13.8 Å². The summed E-state index contributed by atoms with van der Waals surface area (Å²) in [7, 11) is 0. The molecule has 29 heavy (non-hydrogen) atoms. The molecular weight excluding hydrogens is 399 g/mol. The molecule has 11 heteroatoms. The van der Waals surface area contributed by atoms with E-state index in [2.05, 4.69) is 0 Å². The first-order valence-corrected chi connectivity index (χ1v) is 8.54. The van der Waals surface area contributed by atoms with Crippen molar-refractivity contribution in [3.63, 3.8) is 0 Å². The van der Waals surface area contributed by atoms with Crippen LogP contribution in [-0.2, 0) is 30.0 Å². The van der Waals surface area contributed by atoms with Gasteiger partial charge in [0, 0.05) is 5.56 Å². The molecule has 1 amide bonds. The Balaban J connectivity index is 3.15. The number of ether oxygens (including phenoxy) is 2. The van der Waals surface area contributed by atoms with Crippen LogP contribution >= 0.6 is 0 Å². The van der Waals surface area contributed by atoms with Gasteiger partial charge in [-0.2, -0.15) is 13.2 Å². The Labute approximate surface area is 164 Å². The molecule has 0 aliphatic heterocycles. The van der Waals surface area contributed by atoms with Crippen molar-refractivity contribution < 1.29 is 46.9 Å². The molecule has 0 saturated carbocycles. The van der Waals surface area contributed by atoms with Crippen LogP contribution in [0.5, 0.6) is 0 Å². The van der Waals surface area contributed by atoms with Gasteiger partial charge in [-0.25, -0.2) is 4.79 Å². The Bertz CT molecular complexity index is 764. The van der Waals surface area contributed by atoms with Gasteiger partial charge in [0.2, 0.25) is 0 Å². The zero-order chi connectivity index (χ0) is 22.2. The number of aliphatic carboxylic acids is 1. The van der Waals surface area contributed by atoms with Crippen molar-refractivity contribution >= 4 is 23.8 Å². The normalized spacial score (nSPS) is 13.1. The lowest BCUT2D eigenvalue weighted by Gasteiger charge is -2.23. The second-order valence-corrected chi connectivity index (χ2v) is 5.74. The third kappa shape index (κ3) is 7.09. The second-order valence-electron chi connectivity index (χ2n) is 5.74. The molecular formula is C18H20F3NO7. The van der Waals surface area contributed by atoms with Crippen LogP contribution in [0.3, 0.4) is 0 Å². The van der Waals surface area contributed by atoms with Gasteiger partial charge in [-0.05, 0) is 32.0 Å². The summed E-state index contributed by atoms with van der Waals surface area (Å²) < 4.78 is 47.9. The number of carbonyl (C=O) groups is 4. The number of benzene rings is 1. The van der Waals surface area contributed by atoms with Gasteiger partial charge in [0.1, 0.15) is 6.04 Å². The van der Waals surface area contributed by atoms with E-state index in [4.69, 9.17) is 9.47 Å². The maximum absolute atomic E-state index is 12.8. The summed E-state index contributed by atoms with van der Waals surface area (Å²) >= 11 is 0. The monoisotopic (exact) mass is 419 g/mol. The first kappa shape index (κ1) is 23.9. The van der Waals surface area contributed by atoms with Crippen molar-refractivity contribution in [3.8, 4) is 0 Å². The van der Waals surface area contributed by atoms with Crippen molar-refractivity contribution in [2.75, 3.05) is 13.2 Å². The number of hydrogen-bond donors (Lipinski definition) is 2. The second kappa shape index (κ2) is 10.4. The molecule has 0 radical (unpaired) electrons. The number of carboxylic acid groups (broad SMARTS) is 1. The number of halogens is 3. The summed E-state index contributed by atoms with van der Waals surface area (Å²) in [5.41, 5.74) is -1.57. The van der Waals surface area contributed by atoms with Crippen LogP contribution in [0.1, 0.15) is 36.2 Å². The number of amides is 1. The third-order valence-electron chi connectivity index (χ3n) is 3.69. The summed E-state index contributed by atoms with van der Waals surface area (Å²) in [6.07, 6.45) is -5.41. The van der Waals surface area contributed by atoms with Crippen molar-refractivity contribution in [2.45, 2.75) is 32.5 Å². The molecule has 1 rings (SSSR count). The maximum atomic E-state index is 12.8. The van der Waals surface area contributed by atoms with Crippen LogP contribution < -0.4 is 5.32 Å². The lowest BCUT2D eigenvalue weighted by atomic mass is 9.95. The fourth-order valence-electron chi connectivity index (χ4n) is 2.38. The minimum Gasteiger partial charge on any atom is -0.480 e. The van der Waals surface area contributed by atoms with Crippen molar-refractivity contribution in [1.29, 1.82) is 0 Å². The number of nitrogens with one attached hydrogen (secondary N) is 1. The van der Waals surface area contributed by atoms with Gasteiger partial charge >= 0.3 is 24.1 Å². The number of esters is 2. The predicted molar refractivity (Wildman–Crippen MR) is 91.7 cm³/mol. The minimum absolute atomic E-state index is 0.0251. The molecule has 0 heterocycles. The van der Waals surface area contributed by atoms with E-state index in [1.807, 2.05) is 5.32 Å². The Morgan fingerprint density at radius 1 is 1.10 bits per heavy atom. The summed E-state index contributed by atoms with van der Waals surface area (Å²) in [5.74, 6) is -6.45. The van der Waals surface area contributed by atoms with Crippen LogP contribution in [-0.4, -0.2) is 48.2 Å². The van der Waals surface area contributed by atoms with Crippen LogP contribution in [0, 0.1) is 5.92 Å². The minimum atomic E-state index is -4.71. The molecule has 0 bridgehead atoms. The molecule has 160 valence electrons. The van der Waals surface area contributed by atoms with Gasteiger partial charge in [-0.15, -0.1) is 0 Å². The molecule has 0 saturated heterocycles. The van der Waals surface area contributed by atoms with Crippen molar-refractivity contribution in [3.05, 3.63) is 35.4 Å². The van der Waals surface area contributed by atoms with Crippen LogP contribution in [0.4, 0.5) is 13.2 Å². The van der Waals surface area contributed by atoms with Gasteiger partial charge in [0.15, 0.2) is 0 Å². The number of hydrogen-bond acceptors (Lipinski definition) is 6. The van der Waals surface area contributed by atoms with E-state index in [0.717, 1.165) is 18.2 Å². The molecule has 0 fully saturated rings. The number of rotatable bonds is 9. The van der Waals surface area contributed by atoms with E-state index in [0.29, 0.717) is 6.07 Å². The molecule has 2 N–H and O–H groups in total. The summed E-state index contributed by atoms with van der Waals surface area (Å²) in [6, 6.07) is 1.39. The van der Waals surface area contributed by atoms with E-state index < -0.39 is 59.5 Å². The van der Waals surface area contributed by atoms with Gasteiger partial charge in [0.05, 0.1) is 31.1 Å². The molecule has 0 aromatic heterocycles. The molecule has 1 aromatic carbocycles. The average molecular weight is 419 g/mol. The largest absolute Gasteiger partial charge is 0.480 e. The molecule has 0 aliphatic carbocycles. The van der Waals surface area contributed by atoms with Crippen molar-refractivity contribution in [1.82, 2.24) is 5.32 Å². The first-order chi connectivity index (χ1) is 13.5. The number of carboxylic acids is 1. The SMILES string of the molecule is CCOC(=O)C[C@H](C(=O)OCC)[C@H](NC(=O)c1cccc(C(F)(F)F)c1)C(=O)O. The predicted octanol–water partition coefficient (Wildman–Crippen LogP) is 2.02. The fourth-order valence-corrected chi connectivity index (χ4v) is 2.38. The maximum Gasteiger partial charge on any atom is 0.416 e. The van der Waals surface area contributed by atoms with Gasteiger partial charge < -0.3 is 19.9 Å². The molecule has 0 unspecified atom stereocenters. The number of alkyl halides is 3. The Morgan fingerprint density at radius 3 is 2.24 bits per heavy atom. The van der Waals surface area contributed by atoms with E-state index in [9.17, 15) is 37.5 Å². The lowest BCUT2D eigenvalue weighted by molar-refractivity contribution is -0.159. The van der Waals surface area contributed by atoms with E-state index in [1.54, 1.807) is 0 Å². The van der Waals surface area contributed by atoms with Gasteiger partial charge in [-0.1, -0.05) is 6.07 Å². The Morgan fingerprint density at radius 2 is 1.72 bits per heavy atom. The zero-order valence-corrected chi connectivity index (χ0v) is 15.6. The number of carbonyl (C=O) groups excluding carboxylic acids is 3. The van der Waals surface area contributed by atoms with Crippen LogP contribution in [0.25, 0.3) is 0 Å². The van der Waals surface area contributed by atoms with Gasteiger partial charge in [0.25, 0.3) is 5.91 Å². The average Bonchev–Trinajstić information content (AvgIpc) is 2.64. The topological polar surface area (TPSA) is 119 Å². The highest BCUT2D eigenvalue weighted by atomic mass is 19.4. The van der Waals surface area contributed by atoms with E-state index in [-0.39, 0.29) is 13.2 Å². The van der Waals surface area contributed by atoms with Crippen molar-refractivity contribution in [2.24, 2.45) is 5.92 Å². The highest BCUT2D eigenvalue weighted by molar-refractivity contribution is 5.98. The standard InChI is InChI=1S/C18H20F3NO7/c1-3-28-13(23)9-12(17(27)29-4-2)14(16(25)26)22-15(24)10-6-5-7-11(8-10)18(19,20)21/h5-8,12,14H,3-4,9H2,1-2H3,(H,22,24)(H,25,26)/t12-,14-/m0/s1. The highest BCUT2D eigenvalue weighted by Crippen LogP contribution is 2.29. The van der Waals surface area contributed by atoms with E-state index >= 15 is 0 Å². The van der Waals surface area contributed by atoms with Gasteiger partial charge in [-0.3, -0.25) is 14.4 Å². The Hall–Kier alpha value is -3.11. The van der Waals surface area contributed by atoms with Crippen LogP contribution in [0.2, 0.25) is 0 Å². The first-order valence-electron chi connectivity index (χ1n) is 8.54.